The van der Waals surface area contributed by atoms with Gasteiger partial charge in [0.2, 0.25) is 5.91 Å². The van der Waals surface area contributed by atoms with Crippen LogP contribution in [0.25, 0.3) is 0 Å². The van der Waals surface area contributed by atoms with Crippen LogP contribution in [0.4, 0.5) is 5.69 Å². The van der Waals surface area contributed by atoms with Crippen molar-refractivity contribution in [3.8, 4) is 0 Å². The van der Waals surface area contributed by atoms with Crippen LogP contribution in [-0.2, 0) is 4.79 Å². The molecular weight excluding hydrogens is 292 g/mol. The molecule has 2 bridgehead atoms. The van der Waals surface area contributed by atoms with Crippen molar-refractivity contribution in [1.29, 1.82) is 0 Å². The zero-order valence-corrected chi connectivity index (χ0v) is 13.7. The zero-order valence-electron chi connectivity index (χ0n) is 12.9. The highest BCUT2D eigenvalue weighted by atomic mass is 32.2. The first kappa shape index (κ1) is 14.4. The van der Waals surface area contributed by atoms with Crippen LogP contribution in [0.2, 0.25) is 0 Å². The number of piperidine rings is 1. The lowest BCUT2D eigenvalue weighted by Crippen LogP contribution is -2.32. The predicted octanol–water partition coefficient (Wildman–Crippen LogP) is 3.87. The van der Waals surface area contributed by atoms with Gasteiger partial charge in [0.25, 0.3) is 0 Å². The van der Waals surface area contributed by atoms with Gasteiger partial charge in [-0.15, -0.1) is 0 Å². The highest BCUT2D eigenvalue weighted by Crippen LogP contribution is 2.44. The smallest absolute Gasteiger partial charge is 0.220 e. The van der Waals surface area contributed by atoms with E-state index in [1.54, 1.807) is 0 Å². The molecule has 1 amide bonds. The van der Waals surface area contributed by atoms with E-state index in [1.165, 1.54) is 36.9 Å². The van der Waals surface area contributed by atoms with Crippen molar-refractivity contribution in [2.24, 2.45) is 0 Å². The van der Waals surface area contributed by atoms with Crippen molar-refractivity contribution < 1.29 is 4.79 Å². The molecule has 2 N–H and O–H groups in total. The van der Waals surface area contributed by atoms with Gasteiger partial charge in [-0.2, -0.15) is 11.8 Å². The minimum absolute atomic E-state index is 0.190. The zero-order chi connectivity index (χ0) is 14.9. The van der Waals surface area contributed by atoms with Gasteiger partial charge in [-0.05, 0) is 56.2 Å². The number of anilines is 1. The molecule has 0 saturated carbocycles. The van der Waals surface area contributed by atoms with E-state index in [4.69, 9.17) is 0 Å². The van der Waals surface area contributed by atoms with Crippen LogP contribution in [0.1, 0.15) is 56.6 Å². The molecule has 0 spiro atoms. The Bertz CT molecular complexity index is 550. The Morgan fingerprint density at radius 3 is 2.73 bits per heavy atom. The Morgan fingerprint density at radius 1 is 1.14 bits per heavy atom. The molecule has 3 saturated heterocycles. The van der Waals surface area contributed by atoms with Crippen LogP contribution >= 0.6 is 11.8 Å². The molecule has 3 atom stereocenters. The summed E-state index contributed by atoms with van der Waals surface area (Å²) in [5.41, 5.74) is 2.46. The minimum atomic E-state index is 0.190. The summed E-state index contributed by atoms with van der Waals surface area (Å²) in [7, 11) is 0. The molecule has 0 aliphatic carbocycles. The number of nitrogens with one attached hydrogen (secondary N) is 2. The highest BCUT2D eigenvalue weighted by molar-refractivity contribution is 8.00. The molecule has 0 aromatic heterocycles. The number of amides is 1. The molecule has 4 heteroatoms. The van der Waals surface area contributed by atoms with E-state index in [-0.39, 0.29) is 11.9 Å². The maximum Gasteiger partial charge on any atom is 0.220 e. The van der Waals surface area contributed by atoms with Crippen molar-refractivity contribution in [3.05, 3.63) is 29.8 Å². The van der Waals surface area contributed by atoms with E-state index in [1.807, 2.05) is 0 Å². The van der Waals surface area contributed by atoms with Crippen LogP contribution in [0.5, 0.6) is 0 Å². The van der Waals surface area contributed by atoms with Gasteiger partial charge in [-0.25, -0.2) is 0 Å². The van der Waals surface area contributed by atoms with Gasteiger partial charge in [-0.3, -0.25) is 4.79 Å². The fourth-order valence-electron chi connectivity index (χ4n) is 4.11. The maximum absolute atomic E-state index is 11.6. The average molecular weight is 316 g/mol. The monoisotopic (exact) mass is 316 g/mol. The Balaban J connectivity index is 1.44. The molecule has 1 aromatic carbocycles. The molecule has 0 radical (unpaired) electrons. The van der Waals surface area contributed by atoms with Crippen molar-refractivity contribution in [3.63, 3.8) is 0 Å². The van der Waals surface area contributed by atoms with Gasteiger partial charge in [-0.1, -0.05) is 12.1 Å². The van der Waals surface area contributed by atoms with E-state index in [2.05, 4.69) is 46.7 Å². The Kier molecular flexibility index (Phi) is 4.03. The summed E-state index contributed by atoms with van der Waals surface area (Å²) < 4.78 is 0. The van der Waals surface area contributed by atoms with Gasteiger partial charge >= 0.3 is 0 Å². The van der Waals surface area contributed by atoms with Crippen LogP contribution in [0, 0.1) is 0 Å². The topological polar surface area (TPSA) is 41.1 Å². The van der Waals surface area contributed by atoms with E-state index < -0.39 is 0 Å². The molecule has 3 nitrogen and oxygen atoms in total. The molecule has 3 fully saturated rings. The molecule has 3 aliphatic rings. The number of thioether (sulfide) groups is 1. The normalized spacial score (nSPS) is 34.3. The summed E-state index contributed by atoms with van der Waals surface area (Å²) in [6, 6.07) is 9.47. The van der Waals surface area contributed by atoms with Crippen molar-refractivity contribution in [2.75, 3.05) is 5.32 Å². The Morgan fingerprint density at radius 2 is 1.95 bits per heavy atom. The number of fused-ring (bicyclic) bond motifs is 2. The second kappa shape index (κ2) is 6.15. The second-order valence-electron chi connectivity index (χ2n) is 6.91. The summed E-state index contributed by atoms with van der Waals surface area (Å²) in [6.07, 6.45) is 8.13. The fourth-order valence-corrected chi connectivity index (χ4v) is 5.89. The van der Waals surface area contributed by atoms with Crippen LogP contribution in [0.15, 0.2) is 24.3 Å². The van der Waals surface area contributed by atoms with Gasteiger partial charge < -0.3 is 10.6 Å². The number of carbonyl (C=O) groups is 1. The molecule has 4 rings (SSSR count). The lowest BCUT2D eigenvalue weighted by atomic mass is 9.96. The average Bonchev–Trinajstić information content (AvgIpc) is 2.86. The quantitative estimate of drug-likeness (QED) is 0.889. The van der Waals surface area contributed by atoms with E-state index >= 15 is 0 Å². The SMILES string of the molecule is O=C1CCCC(c2cccc(NC3CC4CCC(C3)S4)c2)N1. The number of rotatable bonds is 3. The molecule has 3 unspecified atom stereocenters. The molecule has 3 heterocycles. The molecule has 118 valence electrons. The fraction of sp³-hybridized carbons (Fsp3) is 0.611. The number of benzene rings is 1. The molecule has 3 aliphatic heterocycles. The predicted molar refractivity (Wildman–Crippen MR) is 92.2 cm³/mol. The lowest BCUT2D eigenvalue weighted by molar-refractivity contribution is -0.123. The Labute approximate surface area is 136 Å². The standard InChI is InChI=1S/C18H24N2OS/c21-18-6-2-5-17(20-18)12-3-1-4-13(9-12)19-14-10-15-7-8-16(11-14)22-15/h1,3-4,9,14-17,19H,2,5-8,10-11H2,(H,20,21). The third-order valence-electron chi connectivity index (χ3n) is 5.18. The number of carbonyl (C=O) groups excluding carboxylic acids is 1. The molecule has 1 aromatic rings. The van der Waals surface area contributed by atoms with Crippen molar-refractivity contribution >= 4 is 23.4 Å². The van der Waals surface area contributed by atoms with Gasteiger partial charge in [0, 0.05) is 28.6 Å². The Hall–Kier alpha value is -1.16. The molecular formula is C18H24N2OS. The maximum atomic E-state index is 11.6. The van der Waals surface area contributed by atoms with Crippen molar-refractivity contribution in [2.45, 2.75) is 67.5 Å². The summed E-state index contributed by atoms with van der Waals surface area (Å²) in [5.74, 6) is 0.190. The van der Waals surface area contributed by atoms with Crippen LogP contribution in [0.3, 0.4) is 0 Å². The molecule has 22 heavy (non-hydrogen) atoms. The third kappa shape index (κ3) is 3.12. The van der Waals surface area contributed by atoms with Crippen LogP contribution in [-0.4, -0.2) is 22.4 Å². The number of hydrogen-bond acceptors (Lipinski definition) is 3. The largest absolute Gasteiger partial charge is 0.382 e. The summed E-state index contributed by atoms with van der Waals surface area (Å²) in [5, 5.41) is 8.61. The van der Waals surface area contributed by atoms with Crippen LogP contribution < -0.4 is 10.6 Å². The summed E-state index contributed by atoms with van der Waals surface area (Å²) in [6.45, 7) is 0. The van der Waals surface area contributed by atoms with Crippen molar-refractivity contribution in [1.82, 2.24) is 5.32 Å². The minimum Gasteiger partial charge on any atom is -0.382 e. The van der Waals surface area contributed by atoms with Gasteiger partial charge in [0.05, 0.1) is 6.04 Å². The van der Waals surface area contributed by atoms with Gasteiger partial charge in [0.15, 0.2) is 0 Å². The second-order valence-corrected chi connectivity index (χ2v) is 8.51. The van der Waals surface area contributed by atoms with E-state index in [9.17, 15) is 4.79 Å². The first-order valence-electron chi connectivity index (χ1n) is 8.57. The van der Waals surface area contributed by atoms with Gasteiger partial charge in [0.1, 0.15) is 0 Å². The number of hydrogen-bond donors (Lipinski definition) is 2. The third-order valence-corrected chi connectivity index (χ3v) is 6.81. The lowest BCUT2D eigenvalue weighted by Gasteiger charge is -2.29. The van der Waals surface area contributed by atoms with E-state index in [0.29, 0.717) is 12.5 Å². The summed E-state index contributed by atoms with van der Waals surface area (Å²) in [4.78, 5) is 11.6. The first-order chi connectivity index (χ1) is 10.8. The van der Waals surface area contributed by atoms with E-state index in [0.717, 1.165) is 23.3 Å². The summed E-state index contributed by atoms with van der Waals surface area (Å²) >= 11 is 2.21. The highest BCUT2D eigenvalue weighted by Gasteiger charge is 2.34. The first-order valence-corrected chi connectivity index (χ1v) is 9.52.